The maximum absolute atomic E-state index is 13.9. The second-order valence-corrected chi connectivity index (χ2v) is 11.4. The molecule has 0 bridgehead atoms. The normalized spacial score (nSPS) is 11.9. The molecule has 0 unspecified atom stereocenters. The Morgan fingerprint density at radius 1 is 0.971 bits per heavy atom. The molecule has 7 heteroatoms. The van der Waals surface area contributed by atoms with Crippen LogP contribution in [0.3, 0.4) is 0 Å². The van der Waals surface area contributed by atoms with Crippen molar-refractivity contribution in [2.75, 3.05) is 13.2 Å². The van der Waals surface area contributed by atoms with Crippen LogP contribution in [0.15, 0.2) is 88.9 Å². The van der Waals surface area contributed by atoms with Crippen LogP contribution < -0.4 is 10.1 Å². The summed E-state index contributed by atoms with van der Waals surface area (Å²) < 4.78 is 35.6. The maximum atomic E-state index is 13.9. The highest BCUT2D eigenvalue weighted by Gasteiger charge is 2.27. The lowest BCUT2D eigenvalue weighted by Crippen LogP contribution is -2.36. The second-order valence-electron chi connectivity index (χ2n) is 9.54. The van der Waals surface area contributed by atoms with Crippen molar-refractivity contribution in [1.29, 1.82) is 0 Å². The number of hydrogen-bond donors (Lipinski definition) is 1. The lowest BCUT2D eigenvalue weighted by Gasteiger charge is -2.20. The van der Waals surface area contributed by atoms with Crippen LogP contribution in [0, 0.1) is 6.92 Å². The molecule has 35 heavy (non-hydrogen) atoms. The molecular weight excluding hydrogens is 480 g/mol. The third-order valence-electron chi connectivity index (χ3n) is 5.68. The second kappa shape index (κ2) is 10.9. The fraction of sp³-hybridized carbons (Fsp3) is 0.286. The van der Waals surface area contributed by atoms with Crippen molar-refractivity contribution in [3.8, 4) is 16.9 Å². The van der Waals surface area contributed by atoms with Gasteiger partial charge in [0.25, 0.3) is 0 Å². The number of halogens is 1. The zero-order chi connectivity index (χ0) is 24.3. The van der Waals surface area contributed by atoms with Crippen LogP contribution in [0.2, 0.25) is 0 Å². The molecular formula is C28H33ClN2O3S. The molecule has 0 saturated heterocycles. The van der Waals surface area contributed by atoms with Crippen LogP contribution in [0.5, 0.6) is 5.75 Å². The third kappa shape index (κ3) is 6.07. The van der Waals surface area contributed by atoms with E-state index in [9.17, 15) is 8.42 Å². The topological polar surface area (TPSA) is 59.8 Å². The van der Waals surface area contributed by atoms with Gasteiger partial charge in [0, 0.05) is 23.5 Å². The summed E-state index contributed by atoms with van der Waals surface area (Å²) >= 11 is 0. The molecule has 0 atom stereocenters. The van der Waals surface area contributed by atoms with E-state index in [1.807, 2.05) is 72.2 Å². The number of ether oxygens (including phenoxy) is 1. The van der Waals surface area contributed by atoms with Crippen molar-refractivity contribution in [2.45, 2.75) is 49.4 Å². The van der Waals surface area contributed by atoms with Crippen molar-refractivity contribution < 1.29 is 13.2 Å². The monoisotopic (exact) mass is 512 g/mol. The molecule has 1 N–H and O–H groups in total. The fourth-order valence-corrected chi connectivity index (χ4v) is 5.71. The molecule has 0 amide bonds. The third-order valence-corrected chi connectivity index (χ3v) is 7.52. The summed E-state index contributed by atoms with van der Waals surface area (Å²) in [5.41, 5.74) is 3.09. The zero-order valence-electron chi connectivity index (χ0n) is 20.6. The minimum atomic E-state index is -3.77. The van der Waals surface area contributed by atoms with Gasteiger partial charge in [-0.2, -0.15) is 0 Å². The molecule has 2 aromatic carbocycles. The van der Waals surface area contributed by atoms with Crippen LogP contribution in [-0.4, -0.2) is 31.5 Å². The van der Waals surface area contributed by atoms with E-state index < -0.39 is 9.84 Å². The zero-order valence-corrected chi connectivity index (χ0v) is 22.2. The van der Waals surface area contributed by atoms with Crippen molar-refractivity contribution in [3.05, 3.63) is 84.7 Å². The Morgan fingerprint density at radius 2 is 1.69 bits per heavy atom. The lowest BCUT2D eigenvalue weighted by molar-refractivity contribution is 0.296. The Kier molecular flexibility index (Phi) is 8.31. The number of hydrogen-bond acceptors (Lipinski definition) is 4. The van der Waals surface area contributed by atoms with E-state index in [0.717, 1.165) is 24.1 Å². The summed E-state index contributed by atoms with van der Waals surface area (Å²) in [5.74, 6) is 0.708. The van der Waals surface area contributed by atoms with Gasteiger partial charge in [0.1, 0.15) is 10.6 Å². The van der Waals surface area contributed by atoms with Gasteiger partial charge in [-0.25, -0.2) is 8.42 Å². The number of rotatable bonds is 8. The van der Waals surface area contributed by atoms with E-state index in [2.05, 4.69) is 26.1 Å². The molecule has 0 saturated carbocycles. The van der Waals surface area contributed by atoms with Gasteiger partial charge in [0.2, 0.25) is 9.84 Å². The standard InChI is InChI=1S/C28H32N2O3S.ClH/c1-21-19-23(14-15-26(21)33-18-10-16-29-28(2,3)4)34(31,32)27-24(22-11-6-5-7-12-22)20-30-17-9-8-13-25(27)30;/h5-9,11-15,17,19-20,29H,10,16,18H2,1-4H3;1H. The summed E-state index contributed by atoms with van der Waals surface area (Å²) in [5, 5.41) is 3.44. The van der Waals surface area contributed by atoms with Crippen LogP contribution in [-0.2, 0) is 9.84 Å². The largest absolute Gasteiger partial charge is 0.493 e. The molecule has 4 rings (SSSR count). The fourth-order valence-electron chi connectivity index (χ4n) is 3.99. The molecule has 0 aliphatic carbocycles. The van der Waals surface area contributed by atoms with Crippen molar-refractivity contribution in [2.24, 2.45) is 0 Å². The van der Waals surface area contributed by atoms with Gasteiger partial charge in [-0.3, -0.25) is 0 Å². The van der Waals surface area contributed by atoms with Crippen LogP contribution in [0.4, 0.5) is 0 Å². The van der Waals surface area contributed by atoms with Crippen LogP contribution >= 0.6 is 12.4 Å². The van der Waals surface area contributed by atoms with E-state index in [0.29, 0.717) is 28.3 Å². The SMILES string of the molecule is Cc1cc(S(=O)(=O)c2c(-c3ccccc3)cn3ccccc23)ccc1OCCCNC(C)(C)C.Cl. The lowest BCUT2D eigenvalue weighted by atomic mass is 10.1. The summed E-state index contributed by atoms with van der Waals surface area (Å²) in [7, 11) is -3.77. The average Bonchev–Trinajstić information content (AvgIpc) is 3.20. The smallest absolute Gasteiger partial charge is 0.209 e. The summed E-state index contributed by atoms with van der Waals surface area (Å²) in [6.07, 6.45) is 4.62. The number of nitrogens with zero attached hydrogens (tertiary/aromatic N) is 1. The number of fused-ring (bicyclic) bond motifs is 1. The average molecular weight is 513 g/mol. The molecule has 0 fully saturated rings. The van der Waals surface area contributed by atoms with E-state index in [4.69, 9.17) is 4.74 Å². The quantitative estimate of drug-likeness (QED) is 0.280. The number of nitrogens with one attached hydrogen (secondary N) is 1. The highest BCUT2D eigenvalue weighted by atomic mass is 35.5. The maximum Gasteiger partial charge on any atom is 0.209 e. The molecule has 5 nitrogen and oxygen atoms in total. The van der Waals surface area contributed by atoms with Gasteiger partial charge < -0.3 is 14.5 Å². The van der Waals surface area contributed by atoms with Gasteiger partial charge in [0.05, 0.1) is 17.0 Å². The molecule has 186 valence electrons. The van der Waals surface area contributed by atoms with Crippen molar-refractivity contribution >= 4 is 27.8 Å². The molecule has 0 aliphatic rings. The minimum Gasteiger partial charge on any atom is -0.493 e. The first kappa shape index (κ1) is 26.8. The predicted molar refractivity (Wildman–Crippen MR) is 145 cm³/mol. The van der Waals surface area contributed by atoms with Crippen molar-refractivity contribution in [1.82, 2.24) is 9.72 Å². The number of pyridine rings is 1. The first-order chi connectivity index (χ1) is 16.2. The molecule has 2 heterocycles. The molecule has 2 aromatic heterocycles. The van der Waals surface area contributed by atoms with Crippen LogP contribution in [0.1, 0.15) is 32.8 Å². The Hall–Kier alpha value is -2.80. The number of aromatic nitrogens is 1. The number of aryl methyl sites for hydroxylation is 1. The molecule has 4 aromatic rings. The van der Waals surface area contributed by atoms with Gasteiger partial charge in [0.15, 0.2) is 0 Å². The van der Waals surface area contributed by atoms with E-state index in [1.165, 1.54) is 0 Å². The summed E-state index contributed by atoms with van der Waals surface area (Å²) in [6, 6.07) is 20.3. The first-order valence-corrected chi connectivity index (χ1v) is 13.0. The van der Waals surface area contributed by atoms with Crippen LogP contribution in [0.25, 0.3) is 16.6 Å². The molecule has 0 aliphatic heterocycles. The molecule has 0 spiro atoms. The number of benzene rings is 2. The first-order valence-electron chi connectivity index (χ1n) is 11.6. The minimum absolute atomic E-state index is 0. The summed E-state index contributed by atoms with van der Waals surface area (Å²) in [4.78, 5) is 0.585. The Balaban J connectivity index is 0.00000342. The van der Waals surface area contributed by atoms with Gasteiger partial charge in [-0.05, 0) is 82.1 Å². The molecule has 0 radical (unpaired) electrons. The predicted octanol–water partition coefficient (Wildman–Crippen LogP) is 6.33. The van der Waals surface area contributed by atoms with Gasteiger partial charge in [-0.1, -0.05) is 36.4 Å². The Bertz CT molecular complexity index is 1390. The Morgan fingerprint density at radius 3 is 2.37 bits per heavy atom. The van der Waals surface area contributed by atoms with Gasteiger partial charge >= 0.3 is 0 Å². The highest BCUT2D eigenvalue weighted by molar-refractivity contribution is 7.91. The van der Waals surface area contributed by atoms with Crippen molar-refractivity contribution in [3.63, 3.8) is 0 Å². The number of sulfone groups is 1. The van der Waals surface area contributed by atoms with E-state index in [-0.39, 0.29) is 22.8 Å². The van der Waals surface area contributed by atoms with E-state index in [1.54, 1.807) is 18.2 Å². The summed E-state index contributed by atoms with van der Waals surface area (Å²) in [6.45, 7) is 9.72. The van der Waals surface area contributed by atoms with E-state index >= 15 is 0 Å². The van der Waals surface area contributed by atoms with Gasteiger partial charge in [-0.15, -0.1) is 12.4 Å². The highest BCUT2D eigenvalue weighted by Crippen LogP contribution is 2.37. The Labute approximate surface area is 214 Å².